The van der Waals surface area contributed by atoms with Crippen molar-refractivity contribution in [3.05, 3.63) is 59.2 Å². The molecule has 3 amide bonds. The number of imide groups is 1. The van der Waals surface area contributed by atoms with Crippen molar-refractivity contribution in [1.29, 1.82) is 0 Å². The van der Waals surface area contributed by atoms with Gasteiger partial charge in [-0.05, 0) is 49.6 Å². The van der Waals surface area contributed by atoms with Crippen molar-refractivity contribution in [2.75, 3.05) is 16.8 Å². The van der Waals surface area contributed by atoms with Gasteiger partial charge in [-0.2, -0.15) is 13.2 Å². The fraction of sp³-hybridized carbons (Fsp3) is 0.400. The van der Waals surface area contributed by atoms with E-state index in [1.165, 1.54) is 12.1 Å². The number of hydrogen-bond donors (Lipinski definition) is 1. The van der Waals surface area contributed by atoms with E-state index in [1.54, 1.807) is 6.07 Å². The summed E-state index contributed by atoms with van der Waals surface area (Å²) in [6, 6.07) is 9.84. The van der Waals surface area contributed by atoms with Gasteiger partial charge in [-0.15, -0.1) is 0 Å². The summed E-state index contributed by atoms with van der Waals surface area (Å²) in [6.07, 6.45) is -2.68. The Morgan fingerprint density at radius 1 is 1.09 bits per heavy atom. The summed E-state index contributed by atoms with van der Waals surface area (Å²) in [5.74, 6) is -3.75. The molecule has 0 aromatic heterocycles. The Bertz CT molecular complexity index is 1260. The maximum atomic E-state index is 13.9. The van der Waals surface area contributed by atoms with Gasteiger partial charge in [0.25, 0.3) is 0 Å². The van der Waals surface area contributed by atoms with E-state index in [-0.39, 0.29) is 11.9 Å². The second-order valence-corrected chi connectivity index (χ2v) is 9.39. The summed E-state index contributed by atoms with van der Waals surface area (Å²) < 4.78 is 41.3. The highest BCUT2D eigenvalue weighted by atomic mass is 19.4. The number of fused-ring (bicyclic) bond motifs is 7. The Balaban J connectivity index is 1.56. The van der Waals surface area contributed by atoms with Crippen LogP contribution in [0, 0.1) is 11.8 Å². The molecular formula is C25H22F3N3O3. The number of amides is 3. The highest BCUT2D eigenvalue weighted by Gasteiger charge is 2.74. The third-order valence-electron chi connectivity index (χ3n) is 7.92. The molecule has 34 heavy (non-hydrogen) atoms. The van der Waals surface area contributed by atoms with E-state index in [2.05, 4.69) is 5.32 Å². The van der Waals surface area contributed by atoms with Crippen molar-refractivity contribution < 1.29 is 27.6 Å². The van der Waals surface area contributed by atoms with Crippen LogP contribution >= 0.6 is 0 Å². The van der Waals surface area contributed by atoms with Crippen LogP contribution in [-0.4, -0.2) is 35.2 Å². The van der Waals surface area contributed by atoms with Gasteiger partial charge in [0.2, 0.25) is 17.7 Å². The molecule has 4 heterocycles. The first kappa shape index (κ1) is 21.3. The molecule has 4 unspecified atom stereocenters. The van der Waals surface area contributed by atoms with Gasteiger partial charge in [-0.3, -0.25) is 19.3 Å². The number of alkyl halides is 3. The van der Waals surface area contributed by atoms with E-state index in [4.69, 9.17) is 0 Å². The molecular weight excluding hydrogens is 447 g/mol. The number of para-hydroxylation sites is 1. The topological polar surface area (TPSA) is 69.7 Å². The van der Waals surface area contributed by atoms with Gasteiger partial charge in [-0.1, -0.05) is 31.2 Å². The van der Waals surface area contributed by atoms with Crippen molar-refractivity contribution >= 4 is 29.1 Å². The Morgan fingerprint density at radius 2 is 1.85 bits per heavy atom. The SMILES string of the molecule is CCc1ccc2c(c1)C1(C(=O)N2)C2C(=O)N(c3ccccc3C(F)(F)F)C(=O)C2C2CCCN21. The number of anilines is 2. The number of carbonyl (C=O) groups is 3. The van der Waals surface area contributed by atoms with Crippen LogP contribution in [0.4, 0.5) is 24.5 Å². The minimum absolute atomic E-state index is 0.383. The average molecular weight is 469 g/mol. The zero-order chi connectivity index (χ0) is 24.0. The summed E-state index contributed by atoms with van der Waals surface area (Å²) in [7, 11) is 0. The predicted octanol–water partition coefficient (Wildman–Crippen LogP) is 3.70. The van der Waals surface area contributed by atoms with E-state index < -0.39 is 46.6 Å². The zero-order valence-electron chi connectivity index (χ0n) is 18.4. The summed E-state index contributed by atoms with van der Waals surface area (Å²) >= 11 is 0. The molecule has 4 aliphatic heterocycles. The van der Waals surface area contributed by atoms with E-state index >= 15 is 0 Å². The molecule has 0 bridgehead atoms. The number of benzene rings is 2. The summed E-state index contributed by atoms with van der Waals surface area (Å²) in [4.78, 5) is 43.9. The third kappa shape index (κ3) is 2.48. The van der Waals surface area contributed by atoms with Crippen LogP contribution < -0.4 is 10.2 Å². The van der Waals surface area contributed by atoms with Crippen LogP contribution in [0.2, 0.25) is 0 Å². The van der Waals surface area contributed by atoms with Gasteiger partial charge in [0, 0.05) is 17.3 Å². The Labute approximate surface area is 193 Å². The molecule has 0 radical (unpaired) electrons. The number of carbonyl (C=O) groups excluding carboxylic acids is 3. The molecule has 1 N–H and O–H groups in total. The molecule has 9 heteroatoms. The lowest BCUT2D eigenvalue weighted by molar-refractivity contribution is -0.138. The van der Waals surface area contributed by atoms with Gasteiger partial charge in [0.15, 0.2) is 0 Å². The Hall–Kier alpha value is -3.20. The maximum absolute atomic E-state index is 13.9. The molecule has 0 saturated carbocycles. The average Bonchev–Trinajstić information content (AvgIpc) is 3.51. The van der Waals surface area contributed by atoms with Crippen molar-refractivity contribution in [3.8, 4) is 0 Å². The largest absolute Gasteiger partial charge is 0.418 e. The first-order valence-corrected chi connectivity index (χ1v) is 11.5. The molecule has 6 rings (SSSR count). The monoisotopic (exact) mass is 469 g/mol. The van der Waals surface area contributed by atoms with Crippen LogP contribution in [0.3, 0.4) is 0 Å². The molecule has 2 aromatic rings. The van der Waals surface area contributed by atoms with Gasteiger partial charge in [-0.25, -0.2) is 4.90 Å². The number of halogens is 3. The lowest BCUT2D eigenvalue weighted by Crippen LogP contribution is -2.54. The lowest BCUT2D eigenvalue weighted by atomic mass is 9.75. The zero-order valence-corrected chi connectivity index (χ0v) is 18.4. The first-order chi connectivity index (χ1) is 16.2. The number of nitrogens with zero attached hydrogens (tertiary/aromatic N) is 2. The van der Waals surface area contributed by atoms with Crippen LogP contribution in [-0.2, 0) is 32.5 Å². The normalized spacial score (nSPS) is 30.2. The standard InChI is InChI=1S/C25H22F3N3O3/c1-2-13-9-10-16-15(12-13)24(23(34)29-16)20-19(18-8-5-11-30(18)24)21(32)31(22(20)33)17-7-4-3-6-14(17)25(26,27)28/h3-4,6-7,9-10,12,18-20H,2,5,8,11H2,1H3,(H,29,34). The summed E-state index contributed by atoms with van der Waals surface area (Å²) in [5, 5.41) is 2.89. The summed E-state index contributed by atoms with van der Waals surface area (Å²) in [6.45, 7) is 2.52. The second-order valence-electron chi connectivity index (χ2n) is 9.39. The second kappa shape index (κ2) is 6.91. The van der Waals surface area contributed by atoms with Gasteiger partial charge in [0.05, 0.1) is 23.1 Å². The molecule has 6 nitrogen and oxygen atoms in total. The molecule has 176 valence electrons. The molecule has 4 atom stereocenters. The fourth-order valence-electron chi connectivity index (χ4n) is 6.62. The molecule has 1 spiro atoms. The molecule has 3 saturated heterocycles. The number of rotatable bonds is 2. The smallest absolute Gasteiger partial charge is 0.324 e. The summed E-state index contributed by atoms with van der Waals surface area (Å²) in [5.41, 5.74) is -0.712. The molecule has 3 fully saturated rings. The molecule has 0 aliphatic carbocycles. The van der Waals surface area contributed by atoms with Gasteiger partial charge in [0.1, 0.15) is 5.54 Å². The van der Waals surface area contributed by atoms with E-state index in [9.17, 15) is 27.6 Å². The van der Waals surface area contributed by atoms with Crippen molar-refractivity contribution in [2.24, 2.45) is 11.8 Å². The lowest BCUT2D eigenvalue weighted by Gasteiger charge is -2.37. The van der Waals surface area contributed by atoms with Gasteiger partial charge >= 0.3 is 6.18 Å². The van der Waals surface area contributed by atoms with Crippen molar-refractivity contribution in [3.63, 3.8) is 0 Å². The first-order valence-electron chi connectivity index (χ1n) is 11.5. The quantitative estimate of drug-likeness (QED) is 0.682. The van der Waals surface area contributed by atoms with E-state index in [1.807, 2.05) is 24.0 Å². The fourth-order valence-corrected chi connectivity index (χ4v) is 6.62. The number of aryl methyl sites for hydroxylation is 1. The van der Waals surface area contributed by atoms with Crippen LogP contribution in [0.5, 0.6) is 0 Å². The highest BCUT2D eigenvalue weighted by Crippen LogP contribution is 2.61. The van der Waals surface area contributed by atoms with Crippen molar-refractivity contribution in [1.82, 2.24) is 4.90 Å². The van der Waals surface area contributed by atoms with E-state index in [0.717, 1.165) is 24.1 Å². The maximum Gasteiger partial charge on any atom is 0.418 e. The molecule has 4 aliphatic rings. The van der Waals surface area contributed by atoms with Crippen LogP contribution in [0.15, 0.2) is 42.5 Å². The van der Waals surface area contributed by atoms with Crippen LogP contribution in [0.1, 0.15) is 36.5 Å². The number of nitrogens with one attached hydrogen (secondary N) is 1. The van der Waals surface area contributed by atoms with Gasteiger partial charge < -0.3 is 5.32 Å². The number of hydrogen-bond acceptors (Lipinski definition) is 4. The highest BCUT2D eigenvalue weighted by molar-refractivity contribution is 6.26. The Morgan fingerprint density at radius 3 is 2.59 bits per heavy atom. The predicted molar refractivity (Wildman–Crippen MR) is 117 cm³/mol. The minimum Gasteiger partial charge on any atom is -0.324 e. The van der Waals surface area contributed by atoms with Crippen molar-refractivity contribution in [2.45, 2.75) is 43.9 Å². The molecule has 2 aromatic carbocycles. The van der Waals surface area contributed by atoms with Crippen LogP contribution in [0.25, 0.3) is 0 Å². The van der Waals surface area contributed by atoms with E-state index in [0.29, 0.717) is 35.5 Å². The minimum atomic E-state index is -4.74. The third-order valence-corrected chi connectivity index (χ3v) is 7.92. The Kier molecular flexibility index (Phi) is 4.34.